The number of benzene rings is 2. The van der Waals surface area contributed by atoms with E-state index in [1.54, 1.807) is 43.5 Å². The summed E-state index contributed by atoms with van der Waals surface area (Å²) in [5.74, 6) is -2.27. The van der Waals surface area contributed by atoms with Crippen LogP contribution < -0.4 is 10.1 Å². The second-order valence-corrected chi connectivity index (χ2v) is 5.13. The number of hydrogen-bond acceptors (Lipinski definition) is 2. The average molecular weight is 342 g/mol. The second-order valence-electron chi connectivity index (χ2n) is 4.27. The lowest BCUT2D eigenvalue weighted by molar-refractivity contribution is 0.0106. The van der Waals surface area contributed by atoms with Crippen LogP contribution in [0.25, 0.3) is 0 Å². The summed E-state index contributed by atoms with van der Waals surface area (Å²) in [6.45, 7) is -0.463. The third kappa shape index (κ3) is 3.48. The number of hydrogen-bond donors (Lipinski definition) is 1. The largest absolute Gasteiger partial charge is 0.496 e. The molecule has 5 heteroatoms. The molecule has 0 bridgehead atoms. The van der Waals surface area contributed by atoms with Crippen LogP contribution in [0, 0.1) is 0 Å². The Morgan fingerprint density at radius 1 is 1.15 bits per heavy atom. The molecule has 0 saturated carbocycles. The molecule has 0 heterocycles. The van der Waals surface area contributed by atoms with E-state index in [-0.39, 0.29) is 5.56 Å². The fraction of sp³-hybridized carbons (Fsp3) is 0.200. The number of methoxy groups -OCH3 is 1. The summed E-state index contributed by atoms with van der Waals surface area (Å²) in [4.78, 5) is 0. The molecule has 2 aromatic rings. The van der Waals surface area contributed by atoms with Crippen molar-refractivity contribution in [1.82, 2.24) is 0 Å². The van der Waals surface area contributed by atoms with Gasteiger partial charge in [-0.1, -0.05) is 30.3 Å². The van der Waals surface area contributed by atoms with Gasteiger partial charge >= 0.3 is 0 Å². The Hall–Kier alpha value is -1.62. The van der Waals surface area contributed by atoms with Gasteiger partial charge in [-0.3, -0.25) is 0 Å². The van der Waals surface area contributed by atoms with Gasteiger partial charge in [0.05, 0.1) is 18.1 Å². The van der Waals surface area contributed by atoms with E-state index < -0.39 is 12.5 Å². The van der Waals surface area contributed by atoms with Crippen molar-refractivity contribution < 1.29 is 13.5 Å². The highest BCUT2D eigenvalue weighted by Gasteiger charge is 2.30. The van der Waals surface area contributed by atoms with Crippen LogP contribution in [0.3, 0.4) is 0 Å². The van der Waals surface area contributed by atoms with Gasteiger partial charge in [0.1, 0.15) is 5.75 Å². The molecular weight excluding hydrogens is 328 g/mol. The maximum atomic E-state index is 14.0. The molecule has 0 fully saturated rings. The summed E-state index contributed by atoms with van der Waals surface area (Å²) in [5.41, 5.74) is 0.605. The molecule has 20 heavy (non-hydrogen) atoms. The Morgan fingerprint density at radius 2 is 1.85 bits per heavy atom. The minimum atomic E-state index is -2.92. The molecule has 2 nitrogen and oxygen atoms in total. The molecule has 0 radical (unpaired) electrons. The predicted molar refractivity (Wildman–Crippen MR) is 79.5 cm³/mol. The number of alkyl halides is 2. The molecule has 0 atom stereocenters. The van der Waals surface area contributed by atoms with E-state index in [0.29, 0.717) is 15.9 Å². The van der Waals surface area contributed by atoms with Gasteiger partial charge in [-0.05, 0) is 34.1 Å². The normalized spacial score (nSPS) is 11.2. The maximum Gasteiger partial charge on any atom is 0.290 e. The lowest BCUT2D eigenvalue weighted by Crippen LogP contribution is -2.24. The van der Waals surface area contributed by atoms with E-state index in [4.69, 9.17) is 4.74 Å². The van der Waals surface area contributed by atoms with Crippen LogP contribution in [0.1, 0.15) is 5.56 Å². The van der Waals surface area contributed by atoms with Gasteiger partial charge in [-0.15, -0.1) is 0 Å². The number of ether oxygens (including phenoxy) is 1. The molecule has 2 rings (SSSR count). The van der Waals surface area contributed by atoms with Gasteiger partial charge in [-0.25, -0.2) is 0 Å². The summed E-state index contributed by atoms with van der Waals surface area (Å²) >= 11 is 3.32. The maximum absolute atomic E-state index is 14.0. The summed E-state index contributed by atoms with van der Waals surface area (Å²) in [7, 11) is 1.55. The van der Waals surface area contributed by atoms with Crippen LogP contribution in [0.2, 0.25) is 0 Å². The Morgan fingerprint density at radius 3 is 2.45 bits per heavy atom. The number of anilines is 1. The van der Waals surface area contributed by atoms with Crippen LogP contribution in [0.5, 0.6) is 5.75 Å². The molecule has 1 N–H and O–H groups in total. The predicted octanol–water partition coefficient (Wildman–Crippen LogP) is 4.66. The molecule has 0 unspecified atom stereocenters. The zero-order valence-electron chi connectivity index (χ0n) is 10.9. The molecule has 0 saturated heterocycles. The van der Waals surface area contributed by atoms with Gasteiger partial charge in [0.2, 0.25) is 0 Å². The van der Waals surface area contributed by atoms with E-state index >= 15 is 0 Å². The van der Waals surface area contributed by atoms with E-state index in [0.717, 1.165) is 0 Å². The van der Waals surface area contributed by atoms with E-state index in [1.165, 1.54) is 12.1 Å². The second kappa shape index (κ2) is 6.22. The minimum absolute atomic E-state index is 0.0000716. The van der Waals surface area contributed by atoms with Crippen molar-refractivity contribution >= 4 is 21.6 Å². The van der Waals surface area contributed by atoms with Crippen molar-refractivity contribution in [2.45, 2.75) is 5.92 Å². The average Bonchev–Trinajstić information content (AvgIpc) is 2.46. The molecule has 0 aliphatic carbocycles. The fourth-order valence-electron chi connectivity index (χ4n) is 1.77. The topological polar surface area (TPSA) is 21.3 Å². The highest BCUT2D eigenvalue weighted by molar-refractivity contribution is 9.10. The van der Waals surface area contributed by atoms with Crippen LogP contribution in [0.4, 0.5) is 14.5 Å². The molecule has 0 aromatic heterocycles. The summed E-state index contributed by atoms with van der Waals surface area (Å²) in [6, 6.07) is 12.9. The highest BCUT2D eigenvalue weighted by atomic mass is 79.9. The van der Waals surface area contributed by atoms with Crippen molar-refractivity contribution in [2.24, 2.45) is 0 Å². The van der Waals surface area contributed by atoms with Crippen LogP contribution >= 0.6 is 15.9 Å². The van der Waals surface area contributed by atoms with E-state index in [1.807, 2.05) is 0 Å². The van der Waals surface area contributed by atoms with Gasteiger partial charge in [0.25, 0.3) is 5.92 Å². The van der Waals surface area contributed by atoms with Crippen LogP contribution in [-0.2, 0) is 5.92 Å². The van der Waals surface area contributed by atoms with Crippen molar-refractivity contribution in [1.29, 1.82) is 0 Å². The first-order valence-electron chi connectivity index (χ1n) is 6.04. The summed E-state index contributed by atoms with van der Waals surface area (Å²) < 4.78 is 33.8. The number of nitrogens with one attached hydrogen (secondary N) is 1. The zero-order valence-corrected chi connectivity index (χ0v) is 12.5. The zero-order chi connectivity index (χ0) is 14.6. The van der Waals surface area contributed by atoms with Gasteiger partial charge in [-0.2, -0.15) is 8.78 Å². The molecule has 0 amide bonds. The lowest BCUT2D eigenvalue weighted by Gasteiger charge is -2.18. The van der Waals surface area contributed by atoms with Crippen molar-refractivity contribution in [3.8, 4) is 5.75 Å². The quantitative estimate of drug-likeness (QED) is 0.853. The van der Waals surface area contributed by atoms with Crippen LogP contribution in [0.15, 0.2) is 53.0 Å². The fourth-order valence-corrected chi connectivity index (χ4v) is 2.31. The molecule has 0 spiro atoms. The molecule has 2 aromatic carbocycles. The molecule has 0 aliphatic heterocycles. The van der Waals surface area contributed by atoms with Gasteiger partial charge in [0.15, 0.2) is 0 Å². The lowest BCUT2D eigenvalue weighted by atomic mass is 10.1. The van der Waals surface area contributed by atoms with Crippen LogP contribution in [-0.4, -0.2) is 13.7 Å². The third-order valence-corrected chi connectivity index (χ3v) is 3.48. The summed E-state index contributed by atoms with van der Waals surface area (Å²) in [6.07, 6.45) is 0. The Bertz CT molecular complexity index is 575. The van der Waals surface area contributed by atoms with E-state index in [9.17, 15) is 8.78 Å². The van der Waals surface area contributed by atoms with E-state index in [2.05, 4.69) is 21.2 Å². The standard InChI is InChI=1S/C15H14BrF2NO/c1-20-14-8-7-12(9-13(14)16)19-10-15(17,18)11-5-3-2-4-6-11/h2-9,19H,10H2,1H3. The first kappa shape index (κ1) is 14.8. The summed E-state index contributed by atoms with van der Waals surface area (Å²) in [5, 5.41) is 2.74. The molecule has 106 valence electrons. The third-order valence-electron chi connectivity index (χ3n) is 2.86. The van der Waals surface area contributed by atoms with Crippen molar-refractivity contribution in [2.75, 3.05) is 19.0 Å². The highest BCUT2D eigenvalue weighted by Crippen LogP contribution is 2.30. The molecular formula is C15H14BrF2NO. The van der Waals surface area contributed by atoms with Gasteiger partial charge in [0, 0.05) is 11.3 Å². The van der Waals surface area contributed by atoms with Crippen molar-refractivity contribution in [3.63, 3.8) is 0 Å². The monoisotopic (exact) mass is 341 g/mol. The van der Waals surface area contributed by atoms with Crippen molar-refractivity contribution in [3.05, 3.63) is 58.6 Å². The minimum Gasteiger partial charge on any atom is -0.496 e. The Balaban J connectivity index is 2.06. The smallest absolute Gasteiger partial charge is 0.290 e. The first-order valence-corrected chi connectivity index (χ1v) is 6.83. The number of halogens is 3. The number of rotatable bonds is 5. The Labute approximate surface area is 124 Å². The van der Waals surface area contributed by atoms with Gasteiger partial charge < -0.3 is 10.1 Å². The first-order chi connectivity index (χ1) is 9.53. The Kier molecular flexibility index (Phi) is 4.60. The molecule has 0 aliphatic rings. The SMILES string of the molecule is COc1ccc(NCC(F)(F)c2ccccc2)cc1Br.